The Morgan fingerprint density at radius 1 is 1.12 bits per heavy atom. The number of aryl methyl sites for hydroxylation is 1. The highest BCUT2D eigenvalue weighted by Crippen LogP contribution is 2.34. The lowest BCUT2D eigenvalue weighted by molar-refractivity contribution is -0.136. The second-order valence-electron chi connectivity index (χ2n) is 8.06. The Labute approximate surface area is 200 Å². The van der Waals surface area contributed by atoms with Crippen molar-refractivity contribution in [3.8, 4) is 5.88 Å². The number of H-pyrrole nitrogens is 1. The molecule has 2 aromatic heterocycles. The minimum atomic E-state index is -0.831. The van der Waals surface area contributed by atoms with Crippen molar-refractivity contribution in [2.24, 2.45) is 4.99 Å². The van der Waals surface area contributed by atoms with Crippen LogP contribution in [0, 0.1) is 0 Å². The van der Waals surface area contributed by atoms with Gasteiger partial charge in [0.2, 0.25) is 0 Å². The molecule has 0 saturated heterocycles. The van der Waals surface area contributed by atoms with E-state index in [0.717, 1.165) is 27.4 Å². The number of rotatable bonds is 8. The minimum absolute atomic E-state index is 0.00994. The van der Waals surface area contributed by atoms with Gasteiger partial charge >= 0.3 is 5.97 Å². The van der Waals surface area contributed by atoms with Gasteiger partial charge < -0.3 is 20.1 Å². The van der Waals surface area contributed by atoms with E-state index in [1.807, 2.05) is 56.6 Å². The van der Waals surface area contributed by atoms with E-state index in [9.17, 15) is 9.90 Å². The molecule has 0 atom stereocenters. The molecule has 2 heterocycles. The van der Waals surface area contributed by atoms with Crippen molar-refractivity contribution >= 4 is 51.2 Å². The Bertz CT molecular complexity index is 1320. The smallest absolute Gasteiger partial charge is 0.303 e. The zero-order valence-electron chi connectivity index (χ0n) is 18.3. The number of aliphatic carboxylic acids is 1. The molecule has 8 heteroatoms. The van der Waals surface area contributed by atoms with Crippen molar-refractivity contribution in [3.63, 3.8) is 0 Å². The van der Waals surface area contributed by atoms with Gasteiger partial charge in [0.05, 0.1) is 33.8 Å². The van der Waals surface area contributed by atoms with Crippen LogP contribution in [0.3, 0.4) is 0 Å². The number of carboxylic acid groups (broad SMARTS) is 1. The summed E-state index contributed by atoms with van der Waals surface area (Å²) in [6.07, 6.45) is 0.512. The SMILES string of the molecule is CN(C)Cc1ccc(N=C(c2ccc(CCC(=O)O)s2)c2c(O)[nH]c3cc(Cl)ccc23)cc1. The van der Waals surface area contributed by atoms with Crippen LogP contribution in [-0.4, -0.2) is 45.9 Å². The van der Waals surface area contributed by atoms with E-state index in [1.54, 1.807) is 12.1 Å². The number of carbonyl (C=O) groups is 1. The summed E-state index contributed by atoms with van der Waals surface area (Å²) in [5.74, 6) is -0.821. The Kier molecular flexibility index (Phi) is 6.83. The van der Waals surface area contributed by atoms with Crippen LogP contribution >= 0.6 is 22.9 Å². The fourth-order valence-electron chi connectivity index (χ4n) is 3.67. The predicted molar refractivity (Wildman–Crippen MR) is 134 cm³/mol. The molecular weight excluding hydrogens is 458 g/mol. The van der Waals surface area contributed by atoms with Gasteiger partial charge in [-0.05, 0) is 62.5 Å². The number of thiophene rings is 1. The topological polar surface area (TPSA) is 88.9 Å². The molecule has 4 rings (SSSR count). The Morgan fingerprint density at radius 2 is 1.88 bits per heavy atom. The highest BCUT2D eigenvalue weighted by molar-refractivity contribution is 7.14. The third-order valence-electron chi connectivity index (χ3n) is 5.13. The van der Waals surface area contributed by atoms with Crippen molar-refractivity contribution in [1.82, 2.24) is 9.88 Å². The molecule has 4 aromatic rings. The molecule has 0 radical (unpaired) electrons. The molecule has 0 bridgehead atoms. The number of hydrogen-bond donors (Lipinski definition) is 3. The fraction of sp³-hybridized carbons (Fsp3) is 0.200. The van der Waals surface area contributed by atoms with Crippen LogP contribution in [0.15, 0.2) is 59.6 Å². The first-order valence-corrected chi connectivity index (χ1v) is 11.6. The summed E-state index contributed by atoms with van der Waals surface area (Å²) in [7, 11) is 4.05. The average Bonchev–Trinajstić information content (AvgIpc) is 3.35. The summed E-state index contributed by atoms with van der Waals surface area (Å²) in [4.78, 5) is 22.8. The molecule has 6 nitrogen and oxygen atoms in total. The van der Waals surface area contributed by atoms with Crippen molar-refractivity contribution in [3.05, 3.63) is 80.5 Å². The Hall–Kier alpha value is -3.13. The van der Waals surface area contributed by atoms with Crippen LogP contribution in [0.1, 0.15) is 27.3 Å². The van der Waals surface area contributed by atoms with Gasteiger partial charge in [-0.3, -0.25) is 4.79 Å². The maximum absolute atomic E-state index is 11.0. The largest absolute Gasteiger partial charge is 0.494 e. The summed E-state index contributed by atoms with van der Waals surface area (Å²) in [6.45, 7) is 0.832. The first-order chi connectivity index (χ1) is 15.8. The number of benzene rings is 2. The van der Waals surface area contributed by atoms with Crippen LogP contribution in [0.25, 0.3) is 10.9 Å². The number of hydrogen-bond acceptors (Lipinski definition) is 5. The quantitative estimate of drug-likeness (QED) is 0.276. The van der Waals surface area contributed by atoms with Crippen LogP contribution in [0.4, 0.5) is 5.69 Å². The molecule has 0 spiro atoms. The molecule has 2 aromatic carbocycles. The average molecular weight is 482 g/mol. The lowest BCUT2D eigenvalue weighted by Gasteiger charge is -2.10. The van der Waals surface area contributed by atoms with Crippen molar-refractivity contribution in [2.45, 2.75) is 19.4 Å². The van der Waals surface area contributed by atoms with Gasteiger partial charge in [-0.15, -0.1) is 11.3 Å². The summed E-state index contributed by atoms with van der Waals surface area (Å²) in [6, 6.07) is 17.2. The number of aromatic amines is 1. The first kappa shape index (κ1) is 23.0. The zero-order chi connectivity index (χ0) is 23.5. The number of nitrogens with zero attached hydrogens (tertiary/aromatic N) is 2. The van der Waals surface area contributed by atoms with Crippen molar-refractivity contribution in [1.29, 1.82) is 0 Å². The standard InChI is InChI=1S/C25H24ClN3O3S/c1-29(2)14-15-3-6-17(7-4-15)27-24(21-11-8-18(33-21)9-12-22(30)31)23-19-10-5-16(26)13-20(19)28-25(23)32/h3-8,10-11,13,28,32H,9,12,14H2,1-2H3,(H,30,31). The van der Waals surface area contributed by atoms with E-state index in [4.69, 9.17) is 21.7 Å². The van der Waals surface area contributed by atoms with Gasteiger partial charge in [-0.1, -0.05) is 29.8 Å². The van der Waals surface area contributed by atoms with Crippen LogP contribution in [-0.2, 0) is 17.8 Å². The van der Waals surface area contributed by atoms with E-state index in [1.165, 1.54) is 16.9 Å². The first-order valence-electron chi connectivity index (χ1n) is 10.4. The van der Waals surface area contributed by atoms with Gasteiger partial charge in [-0.25, -0.2) is 4.99 Å². The second-order valence-corrected chi connectivity index (χ2v) is 9.67. The van der Waals surface area contributed by atoms with E-state index in [0.29, 0.717) is 28.2 Å². The molecule has 33 heavy (non-hydrogen) atoms. The van der Waals surface area contributed by atoms with Gasteiger partial charge in [0.15, 0.2) is 5.88 Å². The summed E-state index contributed by atoms with van der Waals surface area (Å²) >= 11 is 7.62. The van der Waals surface area contributed by atoms with Crippen LogP contribution in [0.2, 0.25) is 5.02 Å². The normalized spacial score (nSPS) is 12.1. The van der Waals surface area contributed by atoms with Crippen LogP contribution in [0.5, 0.6) is 5.88 Å². The summed E-state index contributed by atoms with van der Waals surface area (Å²) in [5.41, 5.74) is 3.86. The van der Waals surface area contributed by atoms with Gasteiger partial charge in [-0.2, -0.15) is 0 Å². The molecule has 0 unspecified atom stereocenters. The van der Waals surface area contributed by atoms with Crippen LogP contribution < -0.4 is 0 Å². The lowest BCUT2D eigenvalue weighted by atomic mass is 10.1. The monoisotopic (exact) mass is 481 g/mol. The third kappa shape index (κ3) is 5.45. The van der Waals surface area contributed by atoms with Crippen molar-refractivity contribution in [2.75, 3.05) is 14.1 Å². The third-order valence-corrected chi connectivity index (χ3v) is 6.52. The molecule has 170 valence electrons. The molecule has 0 amide bonds. The van der Waals surface area contributed by atoms with E-state index >= 15 is 0 Å². The number of aromatic hydroxyl groups is 1. The number of aromatic nitrogens is 1. The minimum Gasteiger partial charge on any atom is -0.494 e. The van der Waals surface area contributed by atoms with Gasteiger partial charge in [0.25, 0.3) is 0 Å². The summed E-state index contributed by atoms with van der Waals surface area (Å²) in [5, 5.41) is 21.2. The second kappa shape index (κ2) is 9.79. The van der Waals surface area contributed by atoms with Gasteiger partial charge in [0, 0.05) is 21.8 Å². The van der Waals surface area contributed by atoms with E-state index in [2.05, 4.69) is 9.88 Å². The fourth-order valence-corrected chi connectivity index (χ4v) is 4.84. The number of nitrogens with one attached hydrogen (secondary N) is 1. The van der Waals surface area contributed by atoms with E-state index < -0.39 is 5.97 Å². The maximum atomic E-state index is 11.0. The Balaban J connectivity index is 1.81. The number of halogens is 1. The lowest BCUT2D eigenvalue weighted by Crippen LogP contribution is -2.10. The Morgan fingerprint density at radius 3 is 2.58 bits per heavy atom. The molecule has 0 aliphatic heterocycles. The van der Waals surface area contributed by atoms with Gasteiger partial charge in [0.1, 0.15) is 0 Å². The predicted octanol–water partition coefficient (Wildman–Crippen LogP) is 5.84. The molecule has 0 fully saturated rings. The highest BCUT2D eigenvalue weighted by Gasteiger charge is 2.20. The molecule has 0 aliphatic rings. The zero-order valence-corrected chi connectivity index (χ0v) is 19.9. The molecule has 0 aliphatic carbocycles. The van der Waals surface area contributed by atoms with E-state index in [-0.39, 0.29) is 12.3 Å². The molecule has 0 saturated carbocycles. The number of fused-ring (bicyclic) bond motifs is 1. The highest BCUT2D eigenvalue weighted by atomic mass is 35.5. The number of aliphatic imine (C=N–C) groups is 1. The molecular formula is C25H24ClN3O3S. The molecule has 3 N–H and O–H groups in total. The summed E-state index contributed by atoms with van der Waals surface area (Å²) < 4.78 is 0. The number of carboxylic acids is 1. The maximum Gasteiger partial charge on any atom is 0.303 e. The van der Waals surface area contributed by atoms with Crippen molar-refractivity contribution < 1.29 is 15.0 Å².